The zero-order valence-corrected chi connectivity index (χ0v) is 10.4. The fourth-order valence-electron chi connectivity index (χ4n) is 2.21. The Morgan fingerprint density at radius 2 is 2.16 bits per heavy atom. The van der Waals surface area contributed by atoms with Crippen molar-refractivity contribution in [2.75, 3.05) is 6.54 Å². The molecule has 0 saturated carbocycles. The zero-order valence-electron chi connectivity index (χ0n) is 10.4. The molecule has 0 aromatic carbocycles. The smallest absolute Gasteiger partial charge is 0.375 e. The molecule has 8 heteroatoms. The predicted molar refractivity (Wildman–Crippen MR) is 57.0 cm³/mol. The molecule has 1 amide bonds. The highest BCUT2D eigenvalue weighted by Crippen LogP contribution is 2.43. The summed E-state index contributed by atoms with van der Waals surface area (Å²) >= 11 is 0. The highest BCUT2D eigenvalue weighted by atomic mass is 19.4. The second kappa shape index (κ2) is 4.22. The van der Waals surface area contributed by atoms with Crippen LogP contribution in [0, 0.1) is 0 Å². The summed E-state index contributed by atoms with van der Waals surface area (Å²) in [6.45, 7) is 2.62. The normalized spacial score (nSPS) is 22.8. The molecular weight excluding hydrogens is 265 g/mol. The maximum Gasteiger partial charge on any atom is 0.422 e. The highest BCUT2D eigenvalue weighted by molar-refractivity contribution is 5.49. The van der Waals surface area contributed by atoms with Gasteiger partial charge in [0, 0.05) is 18.0 Å². The summed E-state index contributed by atoms with van der Waals surface area (Å²) < 4.78 is 43.4. The van der Waals surface area contributed by atoms with E-state index in [1.165, 1.54) is 4.90 Å². The molecule has 2 heterocycles. The number of alkyl halides is 3. The van der Waals surface area contributed by atoms with E-state index in [9.17, 15) is 23.1 Å². The van der Waals surface area contributed by atoms with Crippen LogP contribution in [0.5, 0.6) is 0 Å². The third kappa shape index (κ3) is 2.09. The number of hydrogen-bond donors (Lipinski definition) is 1. The van der Waals surface area contributed by atoms with Crippen LogP contribution >= 0.6 is 0 Å². The first-order valence-corrected chi connectivity index (χ1v) is 5.66. The van der Waals surface area contributed by atoms with Crippen molar-refractivity contribution in [3.05, 3.63) is 17.0 Å². The summed E-state index contributed by atoms with van der Waals surface area (Å²) in [6.07, 6.45) is -4.25. The molecular formula is C11H13F3N2O3. The monoisotopic (exact) mass is 278 g/mol. The molecule has 1 aliphatic heterocycles. The van der Waals surface area contributed by atoms with E-state index in [0.717, 1.165) is 0 Å². The lowest BCUT2D eigenvalue weighted by molar-refractivity contribution is -0.261. The summed E-state index contributed by atoms with van der Waals surface area (Å²) in [4.78, 5) is 12.1. The van der Waals surface area contributed by atoms with Gasteiger partial charge < -0.3 is 14.5 Å². The fourth-order valence-corrected chi connectivity index (χ4v) is 2.21. The van der Waals surface area contributed by atoms with Gasteiger partial charge in [-0.05, 0) is 6.92 Å². The van der Waals surface area contributed by atoms with Gasteiger partial charge >= 0.3 is 6.18 Å². The van der Waals surface area contributed by atoms with Crippen molar-refractivity contribution >= 4 is 6.41 Å². The molecule has 1 aromatic heterocycles. The molecule has 19 heavy (non-hydrogen) atoms. The van der Waals surface area contributed by atoms with Crippen LogP contribution in [-0.4, -0.2) is 34.3 Å². The average Bonchev–Trinajstić information content (AvgIpc) is 2.71. The molecule has 2 unspecified atom stereocenters. The van der Waals surface area contributed by atoms with E-state index < -0.39 is 17.5 Å². The number of carbonyl (C=O) groups is 1. The van der Waals surface area contributed by atoms with Crippen LogP contribution in [0.2, 0.25) is 0 Å². The maximum atomic E-state index is 12.8. The van der Waals surface area contributed by atoms with Crippen LogP contribution in [0.4, 0.5) is 13.2 Å². The molecule has 0 spiro atoms. The Labute approximate surface area is 107 Å². The van der Waals surface area contributed by atoms with Gasteiger partial charge in [-0.2, -0.15) is 13.2 Å². The van der Waals surface area contributed by atoms with E-state index in [4.69, 9.17) is 4.52 Å². The summed E-state index contributed by atoms with van der Waals surface area (Å²) in [7, 11) is 0. The van der Waals surface area contributed by atoms with Crippen LogP contribution in [0.25, 0.3) is 0 Å². The minimum absolute atomic E-state index is 0.0596. The van der Waals surface area contributed by atoms with Crippen molar-refractivity contribution in [3.63, 3.8) is 0 Å². The third-order valence-corrected chi connectivity index (χ3v) is 3.31. The second-order valence-electron chi connectivity index (χ2n) is 4.87. The van der Waals surface area contributed by atoms with Gasteiger partial charge in [-0.1, -0.05) is 12.1 Å². The number of halogens is 3. The van der Waals surface area contributed by atoms with Crippen molar-refractivity contribution in [2.45, 2.75) is 38.1 Å². The second-order valence-corrected chi connectivity index (χ2v) is 4.87. The predicted octanol–water partition coefficient (Wildman–Crippen LogP) is 1.52. The van der Waals surface area contributed by atoms with Gasteiger partial charge in [0.25, 0.3) is 0 Å². The summed E-state index contributed by atoms with van der Waals surface area (Å²) in [5.74, 6) is -0.200. The van der Waals surface area contributed by atoms with Crippen molar-refractivity contribution < 1.29 is 27.6 Å². The quantitative estimate of drug-likeness (QED) is 0.833. The molecule has 0 fully saturated rings. The summed E-state index contributed by atoms with van der Waals surface area (Å²) in [5, 5.41) is 13.0. The third-order valence-electron chi connectivity index (χ3n) is 3.31. The Morgan fingerprint density at radius 3 is 2.68 bits per heavy atom. The number of rotatable bonds is 2. The van der Waals surface area contributed by atoms with Crippen LogP contribution in [-0.2, 0) is 16.9 Å². The van der Waals surface area contributed by atoms with Crippen molar-refractivity contribution in [1.82, 2.24) is 10.1 Å². The first kappa shape index (κ1) is 13.9. The van der Waals surface area contributed by atoms with Crippen molar-refractivity contribution in [2.24, 2.45) is 0 Å². The number of aromatic nitrogens is 1. The van der Waals surface area contributed by atoms with E-state index in [2.05, 4.69) is 5.16 Å². The minimum Gasteiger partial charge on any atom is -0.375 e. The largest absolute Gasteiger partial charge is 0.422 e. The molecule has 2 rings (SSSR count). The number of nitrogens with zero attached hydrogens (tertiary/aromatic N) is 2. The van der Waals surface area contributed by atoms with Crippen molar-refractivity contribution in [1.29, 1.82) is 0 Å². The lowest BCUT2D eigenvalue weighted by Gasteiger charge is -2.30. The molecule has 0 aliphatic carbocycles. The Morgan fingerprint density at radius 1 is 1.53 bits per heavy atom. The number of amides is 1. The summed E-state index contributed by atoms with van der Waals surface area (Å²) in [5.41, 5.74) is -3.35. The van der Waals surface area contributed by atoms with E-state index in [1.54, 1.807) is 6.92 Å². The zero-order chi connectivity index (χ0) is 14.4. The Hall–Kier alpha value is -1.57. The van der Waals surface area contributed by atoms with Crippen molar-refractivity contribution in [3.8, 4) is 0 Å². The van der Waals surface area contributed by atoms with Gasteiger partial charge in [0.15, 0.2) is 5.76 Å². The van der Waals surface area contributed by atoms with E-state index in [1.807, 2.05) is 0 Å². The Balaban J connectivity index is 2.48. The molecule has 0 saturated heterocycles. The Kier molecular flexibility index (Phi) is 3.08. The topological polar surface area (TPSA) is 66.6 Å². The molecule has 5 nitrogen and oxygen atoms in total. The number of carbonyl (C=O) groups excluding carboxylic acids is 1. The standard InChI is InChI=1S/C11H13F3N2O3/c1-6-3-16(5-17)4-7-8(6)9(15-19-7)10(2,18)11(12,13)14/h5-6,18H,3-4H2,1-2H3. The molecule has 2 atom stereocenters. The number of hydrogen-bond acceptors (Lipinski definition) is 4. The molecule has 1 aliphatic rings. The summed E-state index contributed by atoms with van der Waals surface area (Å²) in [6, 6.07) is 0. The van der Waals surface area contributed by atoms with Gasteiger partial charge in [-0.25, -0.2) is 0 Å². The van der Waals surface area contributed by atoms with Crippen LogP contribution < -0.4 is 0 Å². The molecule has 1 aromatic rings. The SMILES string of the molecule is CC1CN(C=O)Cc2onc(C(C)(O)C(F)(F)F)c21. The van der Waals surface area contributed by atoms with E-state index >= 15 is 0 Å². The Bertz CT molecular complexity index is 496. The van der Waals surface area contributed by atoms with E-state index in [0.29, 0.717) is 13.3 Å². The minimum atomic E-state index is -4.85. The number of aliphatic hydroxyl groups is 1. The van der Waals surface area contributed by atoms with Gasteiger partial charge in [0.05, 0.1) is 6.54 Å². The highest BCUT2D eigenvalue weighted by Gasteiger charge is 2.55. The average molecular weight is 278 g/mol. The fraction of sp³-hybridized carbons (Fsp3) is 0.636. The molecule has 0 radical (unpaired) electrons. The van der Waals surface area contributed by atoms with Crippen LogP contribution in [0.3, 0.4) is 0 Å². The lowest BCUT2D eigenvalue weighted by Crippen LogP contribution is -2.41. The van der Waals surface area contributed by atoms with Gasteiger partial charge in [-0.15, -0.1) is 0 Å². The van der Waals surface area contributed by atoms with Crippen LogP contribution in [0.15, 0.2) is 4.52 Å². The van der Waals surface area contributed by atoms with Gasteiger partial charge in [-0.3, -0.25) is 4.79 Å². The molecule has 106 valence electrons. The first-order chi connectivity index (χ1) is 8.68. The van der Waals surface area contributed by atoms with E-state index in [-0.39, 0.29) is 30.3 Å². The lowest BCUT2D eigenvalue weighted by atomic mass is 9.88. The molecule has 1 N–H and O–H groups in total. The van der Waals surface area contributed by atoms with Gasteiger partial charge in [0.2, 0.25) is 12.0 Å². The maximum absolute atomic E-state index is 12.8. The van der Waals surface area contributed by atoms with Gasteiger partial charge in [0.1, 0.15) is 5.69 Å². The first-order valence-electron chi connectivity index (χ1n) is 5.66. The number of fused-ring (bicyclic) bond motifs is 1. The molecule has 0 bridgehead atoms. The van der Waals surface area contributed by atoms with Crippen LogP contribution in [0.1, 0.15) is 36.8 Å².